The Morgan fingerprint density at radius 3 is 2.72 bits per heavy atom. The Hall–Kier alpha value is -2.11. The molecule has 0 saturated heterocycles. The highest BCUT2D eigenvalue weighted by Gasteiger charge is 2.08. The maximum Gasteiger partial charge on any atom is 0.221 e. The molecule has 0 aromatic carbocycles. The van der Waals surface area contributed by atoms with Crippen LogP contribution in [-0.2, 0) is 13.6 Å². The number of hydrogen-bond donors (Lipinski definition) is 1. The fourth-order valence-corrected chi connectivity index (χ4v) is 1.71. The molecule has 2 rings (SSSR count). The first-order valence-corrected chi connectivity index (χ1v) is 5.70. The van der Waals surface area contributed by atoms with E-state index in [2.05, 4.69) is 20.4 Å². The summed E-state index contributed by atoms with van der Waals surface area (Å²) >= 11 is 0. The van der Waals surface area contributed by atoms with Crippen molar-refractivity contribution < 1.29 is 4.74 Å². The molecule has 18 heavy (non-hydrogen) atoms. The molecule has 2 heterocycles. The molecule has 0 spiro atoms. The zero-order valence-corrected chi connectivity index (χ0v) is 11.1. The summed E-state index contributed by atoms with van der Waals surface area (Å²) in [5.74, 6) is 1.38. The molecule has 0 aliphatic heterocycles. The molecule has 96 valence electrons. The summed E-state index contributed by atoms with van der Waals surface area (Å²) < 4.78 is 7.01. The van der Waals surface area contributed by atoms with E-state index in [0.29, 0.717) is 12.4 Å². The van der Waals surface area contributed by atoms with Gasteiger partial charge in [0.1, 0.15) is 12.1 Å². The van der Waals surface area contributed by atoms with Crippen LogP contribution in [0.1, 0.15) is 16.8 Å². The molecule has 0 unspecified atom stereocenters. The minimum absolute atomic E-state index is 0.593. The third kappa shape index (κ3) is 2.27. The van der Waals surface area contributed by atoms with Crippen molar-refractivity contribution in [3.8, 4) is 5.88 Å². The van der Waals surface area contributed by atoms with E-state index in [0.717, 1.165) is 22.6 Å². The highest BCUT2D eigenvalue weighted by Crippen LogP contribution is 2.20. The van der Waals surface area contributed by atoms with Gasteiger partial charge >= 0.3 is 0 Å². The summed E-state index contributed by atoms with van der Waals surface area (Å²) in [5.41, 5.74) is 3.19. The normalized spacial score (nSPS) is 10.4. The topological polar surface area (TPSA) is 64.9 Å². The molecular formula is C12H17N5O. The zero-order valence-electron chi connectivity index (χ0n) is 11.1. The van der Waals surface area contributed by atoms with E-state index in [1.807, 2.05) is 31.8 Å². The minimum Gasteiger partial charge on any atom is -0.481 e. The van der Waals surface area contributed by atoms with Gasteiger partial charge in [0.2, 0.25) is 5.88 Å². The van der Waals surface area contributed by atoms with E-state index >= 15 is 0 Å². The SMILES string of the molecule is COc1ncnc(NCc2cnn(C)c2C)c1C. The molecule has 2 aromatic heterocycles. The van der Waals surface area contributed by atoms with Crippen LogP contribution >= 0.6 is 0 Å². The van der Waals surface area contributed by atoms with E-state index in [4.69, 9.17) is 4.74 Å². The lowest BCUT2D eigenvalue weighted by Gasteiger charge is -2.10. The third-order valence-electron chi connectivity index (χ3n) is 3.01. The van der Waals surface area contributed by atoms with Crippen molar-refractivity contribution in [1.29, 1.82) is 0 Å². The van der Waals surface area contributed by atoms with Crippen molar-refractivity contribution in [1.82, 2.24) is 19.7 Å². The van der Waals surface area contributed by atoms with Crippen LogP contribution in [0.25, 0.3) is 0 Å². The lowest BCUT2D eigenvalue weighted by atomic mass is 10.2. The molecule has 6 heteroatoms. The average molecular weight is 247 g/mol. The molecule has 0 bridgehead atoms. The lowest BCUT2D eigenvalue weighted by Crippen LogP contribution is -2.06. The summed E-state index contributed by atoms with van der Waals surface area (Å²) in [7, 11) is 3.53. The van der Waals surface area contributed by atoms with Crippen LogP contribution in [0.15, 0.2) is 12.5 Å². The third-order valence-corrected chi connectivity index (χ3v) is 3.01. The maximum atomic E-state index is 5.16. The number of hydrogen-bond acceptors (Lipinski definition) is 5. The molecule has 0 amide bonds. The minimum atomic E-state index is 0.593. The number of ether oxygens (including phenoxy) is 1. The zero-order chi connectivity index (χ0) is 13.1. The molecule has 0 radical (unpaired) electrons. The summed E-state index contributed by atoms with van der Waals surface area (Å²) in [4.78, 5) is 8.25. The predicted molar refractivity (Wildman–Crippen MR) is 68.6 cm³/mol. The fraction of sp³-hybridized carbons (Fsp3) is 0.417. The van der Waals surface area contributed by atoms with Gasteiger partial charge in [-0.05, 0) is 13.8 Å². The molecule has 1 N–H and O–H groups in total. The van der Waals surface area contributed by atoms with E-state index < -0.39 is 0 Å². The van der Waals surface area contributed by atoms with E-state index in [1.54, 1.807) is 7.11 Å². The number of aryl methyl sites for hydroxylation is 1. The summed E-state index contributed by atoms with van der Waals surface area (Å²) in [5, 5.41) is 7.48. The lowest BCUT2D eigenvalue weighted by molar-refractivity contribution is 0.393. The Morgan fingerprint density at radius 2 is 2.11 bits per heavy atom. The first kappa shape index (κ1) is 12.3. The highest BCUT2D eigenvalue weighted by atomic mass is 16.5. The molecule has 6 nitrogen and oxygen atoms in total. The van der Waals surface area contributed by atoms with Crippen LogP contribution in [0.2, 0.25) is 0 Å². The molecule has 0 atom stereocenters. The Labute approximate surface area is 106 Å². The Kier molecular flexibility index (Phi) is 3.45. The van der Waals surface area contributed by atoms with E-state index in [-0.39, 0.29) is 0 Å². The van der Waals surface area contributed by atoms with Crippen LogP contribution in [-0.4, -0.2) is 26.9 Å². The summed E-state index contributed by atoms with van der Waals surface area (Å²) in [6, 6.07) is 0. The van der Waals surface area contributed by atoms with Crippen molar-refractivity contribution in [2.75, 3.05) is 12.4 Å². The van der Waals surface area contributed by atoms with Crippen molar-refractivity contribution in [3.63, 3.8) is 0 Å². The van der Waals surface area contributed by atoms with Gasteiger partial charge in [0.25, 0.3) is 0 Å². The maximum absolute atomic E-state index is 5.16. The smallest absolute Gasteiger partial charge is 0.221 e. The van der Waals surface area contributed by atoms with Crippen LogP contribution < -0.4 is 10.1 Å². The van der Waals surface area contributed by atoms with Gasteiger partial charge in [-0.15, -0.1) is 0 Å². The van der Waals surface area contributed by atoms with Crippen molar-refractivity contribution in [3.05, 3.63) is 29.3 Å². The Bertz CT molecular complexity index is 549. The van der Waals surface area contributed by atoms with E-state index in [1.165, 1.54) is 6.33 Å². The van der Waals surface area contributed by atoms with Gasteiger partial charge in [0.05, 0.1) is 18.9 Å². The first-order valence-electron chi connectivity index (χ1n) is 5.70. The number of methoxy groups -OCH3 is 1. The molecule has 0 aliphatic carbocycles. The summed E-state index contributed by atoms with van der Waals surface area (Å²) in [6.45, 7) is 4.65. The van der Waals surface area contributed by atoms with Gasteiger partial charge in [0, 0.05) is 24.8 Å². The highest BCUT2D eigenvalue weighted by molar-refractivity contribution is 5.48. The van der Waals surface area contributed by atoms with Crippen molar-refractivity contribution >= 4 is 5.82 Å². The quantitative estimate of drug-likeness (QED) is 0.885. The average Bonchev–Trinajstić information content (AvgIpc) is 2.69. The van der Waals surface area contributed by atoms with Gasteiger partial charge < -0.3 is 10.1 Å². The molecule has 0 aliphatic rings. The number of nitrogens with zero attached hydrogens (tertiary/aromatic N) is 4. The van der Waals surface area contributed by atoms with Gasteiger partial charge in [-0.25, -0.2) is 9.97 Å². The largest absolute Gasteiger partial charge is 0.481 e. The number of anilines is 1. The second kappa shape index (κ2) is 5.03. The standard InChI is InChI=1S/C12H17N5O/c1-8-11(14-7-15-12(8)18-4)13-5-10-6-16-17(3)9(10)2/h6-7H,5H2,1-4H3,(H,13,14,15). The van der Waals surface area contributed by atoms with Crippen molar-refractivity contribution in [2.24, 2.45) is 7.05 Å². The molecule has 0 saturated carbocycles. The molecular weight excluding hydrogens is 230 g/mol. The van der Waals surface area contributed by atoms with Crippen LogP contribution in [0.4, 0.5) is 5.82 Å². The number of nitrogens with one attached hydrogen (secondary N) is 1. The molecule has 2 aromatic rings. The second-order valence-corrected chi connectivity index (χ2v) is 4.09. The Balaban J connectivity index is 2.13. The predicted octanol–water partition coefficient (Wildman–Crippen LogP) is 1.45. The van der Waals surface area contributed by atoms with Gasteiger partial charge in [-0.1, -0.05) is 0 Å². The van der Waals surface area contributed by atoms with Crippen LogP contribution in [0.5, 0.6) is 5.88 Å². The van der Waals surface area contributed by atoms with Gasteiger partial charge in [-0.2, -0.15) is 5.10 Å². The first-order chi connectivity index (χ1) is 8.63. The fourth-order valence-electron chi connectivity index (χ4n) is 1.71. The van der Waals surface area contributed by atoms with Crippen LogP contribution in [0.3, 0.4) is 0 Å². The van der Waals surface area contributed by atoms with Crippen molar-refractivity contribution in [2.45, 2.75) is 20.4 Å². The van der Waals surface area contributed by atoms with Gasteiger partial charge in [-0.3, -0.25) is 4.68 Å². The van der Waals surface area contributed by atoms with Crippen LogP contribution in [0, 0.1) is 13.8 Å². The Morgan fingerprint density at radius 1 is 1.33 bits per heavy atom. The number of aromatic nitrogens is 4. The number of rotatable bonds is 4. The molecule has 0 fully saturated rings. The summed E-state index contributed by atoms with van der Waals surface area (Å²) in [6.07, 6.45) is 3.35. The van der Waals surface area contributed by atoms with E-state index in [9.17, 15) is 0 Å². The van der Waals surface area contributed by atoms with Gasteiger partial charge in [0.15, 0.2) is 0 Å². The monoisotopic (exact) mass is 247 g/mol. The second-order valence-electron chi connectivity index (χ2n) is 4.09.